The Morgan fingerprint density at radius 3 is 2.48 bits per heavy atom. The Hall–Kier alpha value is -1.52. The third-order valence-corrected chi connectivity index (χ3v) is 4.55. The van der Waals surface area contributed by atoms with Gasteiger partial charge in [-0.3, -0.25) is 0 Å². The highest BCUT2D eigenvalue weighted by Crippen LogP contribution is 2.28. The maximum absolute atomic E-state index is 11.6. The minimum atomic E-state index is -0.891. The second kappa shape index (κ2) is 6.96. The number of anilines is 1. The van der Waals surface area contributed by atoms with Crippen LogP contribution >= 0.6 is 27.5 Å². The molecule has 0 saturated heterocycles. The standard InChI is InChI=1S/C16H15BrClNO2/c1-10(11-5-3-2-4-6-11)15(16(20)21)19-12-7-8-14(18)13(17)9-12/h2-10,15,19H,1H3,(H,20,21). The van der Waals surface area contributed by atoms with Crippen LogP contribution in [0.1, 0.15) is 18.4 Å². The van der Waals surface area contributed by atoms with Gasteiger partial charge < -0.3 is 10.4 Å². The molecule has 0 saturated carbocycles. The largest absolute Gasteiger partial charge is 0.480 e. The van der Waals surface area contributed by atoms with E-state index in [1.54, 1.807) is 18.2 Å². The van der Waals surface area contributed by atoms with Crippen LogP contribution in [-0.2, 0) is 4.79 Å². The quantitative estimate of drug-likeness (QED) is 0.799. The highest BCUT2D eigenvalue weighted by atomic mass is 79.9. The second-order valence-corrected chi connectivity index (χ2v) is 6.05. The molecule has 0 heterocycles. The van der Waals surface area contributed by atoms with Crippen molar-refractivity contribution in [1.82, 2.24) is 0 Å². The smallest absolute Gasteiger partial charge is 0.326 e. The molecule has 2 rings (SSSR count). The van der Waals surface area contributed by atoms with Crippen molar-refractivity contribution >= 4 is 39.2 Å². The van der Waals surface area contributed by atoms with Crippen LogP contribution in [0.2, 0.25) is 5.02 Å². The maximum atomic E-state index is 11.6. The number of benzene rings is 2. The van der Waals surface area contributed by atoms with Crippen molar-refractivity contribution in [3.8, 4) is 0 Å². The van der Waals surface area contributed by atoms with E-state index >= 15 is 0 Å². The zero-order chi connectivity index (χ0) is 15.4. The first-order valence-electron chi connectivity index (χ1n) is 6.48. The molecule has 0 bridgehead atoms. The number of nitrogens with one attached hydrogen (secondary N) is 1. The number of halogens is 2. The molecule has 0 aliphatic rings. The Morgan fingerprint density at radius 1 is 1.24 bits per heavy atom. The van der Waals surface area contributed by atoms with Gasteiger partial charge in [0.25, 0.3) is 0 Å². The topological polar surface area (TPSA) is 49.3 Å². The molecule has 3 nitrogen and oxygen atoms in total. The first-order valence-corrected chi connectivity index (χ1v) is 7.65. The van der Waals surface area contributed by atoms with E-state index in [1.807, 2.05) is 37.3 Å². The SMILES string of the molecule is CC(c1ccccc1)C(Nc1ccc(Cl)c(Br)c1)C(=O)O. The first kappa shape index (κ1) is 15.9. The predicted octanol–water partition coefficient (Wildman–Crippen LogP) is 4.77. The van der Waals surface area contributed by atoms with Crippen LogP contribution in [0.3, 0.4) is 0 Å². The number of carboxylic acids is 1. The molecule has 2 N–H and O–H groups in total. The van der Waals surface area contributed by atoms with E-state index in [9.17, 15) is 9.90 Å². The summed E-state index contributed by atoms with van der Waals surface area (Å²) in [5.41, 5.74) is 1.69. The fourth-order valence-corrected chi connectivity index (χ4v) is 2.61. The molecular formula is C16H15BrClNO2. The Bertz CT molecular complexity index is 633. The molecule has 2 atom stereocenters. The fourth-order valence-electron chi connectivity index (χ4n) is 2.12. The molecule has 110 valence electrons. The molecule has 0 spiro atoms. The van der Waals surface area contributed by atoms with Gasteiger partial charge >= 0.3 is 5.97 Å². The molecule has 0 aliphatic heterocycles. The molecule has 5 heteroatoms. The van der Waals surface area contributed by atoms with Crippen molar-refractivity contribution in [2.75, 3.05) is 5.32 Å². The van der Waals surface area contributed by atoms with Crippen molar-refractivity contribution in [2.24, 2.45) is 0 Å². The van der Waals surface area contributed by atoms with Gasteiger partial charge in [0.2, 0.25) is 0 Å². The molecule has 0 amide bonds. The van der Waals surface area contributed by atoms with Gasteiger partial charge in [0, 0.05) is 16.1 Å². The van der Waals surface area contributed by atoms with Crippen LogP contribution in [0, 0.1) is 0 Å². The summed E-state index contributed by atoms with van der Waals surface area (Å²) in [6, 6.07) is 14.1. The van der Waals surface area contributed by atoms with Crippen LogP contribution < -0.4 is 5.32 Å². The van der Waals surface area contributed by atoms with Crippen LogP contribution in [0.5, 0.6) is 0 Å². The van der Waals surface area contributed by atoms with E-state index in [2.05, 4.69) is 21.2 Å². The second-order valence-electron chi connectivity index (χ2n) is 4.79. The van der Waals surface area contributed by atoms with Crippen LogP contribution in [0.15, 0.2) is 53.0 Å². The number of rotatable bonds is 5. The average molecular weight is 369 g/mol. The van der Waals surface area contributed by atoms with E-state index in [0.717, 1.165) is 10.0 Å². The average Bonchev–Trinajstić information content (AvgIpc) is 2.48. The molecule has 0 fully saturated rings. The lowest BCUT2D eigenvalue weighted by atomic mass is 9.93. The summed E-state index contributed by atoms with van der Waals surface area (Å²) in [6.07, 6.45) is 0. The first-order chi connectivity index (χ1) is 9.99. The number of carboxylic acid groups (broad SMARTS) is 1. The third kappa shape index (κ3) is 3.99. The van der Waals surface area contributed by atoms with Gasteiger partial charge in [-0.25, -0.2) is 4.79 Å². The summed E-state index contributed by atoms with van der Waals surface area (Å²) >= 11 is 9.28. The van der Waals surface area contributed by atoms with E-state index in [0.29, 0.717) is 10.7 Å². The van der Waals surface area contributed by atoms with E-state index < -0.39 is 12.0 Å². The Balaban J connectivity index is 2.23. The molecule has 21 heavy (non-hydrogen) atoms. The Labute approximate surface area is 137 Å². The van der Waals surface area contributed by atoms with Crippen molar-refractivity contribution in [3.05, 3.63) is 63.6 Å². The third-order valence-electron chi connectivity index (χ3n) is 3.33. The van der Waals surface area contributed by atoms with Crippen molar-refractivity contribution in [1.29, 1.82) is 0 Å². The highest BCUT2D eigenvalue weighted by molar-refractivity contribution is 9.10. The highest BCUT2D eigenvalue weighted by Gasteiger charge is 2.25. The summed E-state index contributed by atoms with van der Waals surface area (Å²) in [5, 5.41) is 13.1. The molecule has 0 aromatic heterocycles. The number of hydrogen-bond donors (Lipinski definition) is 2. The van der Waals surface area contributed by atoms with Gasteiger partial charge in [-0.2, -0.15) is 0 Å². The predicted molar refractivity (Wildman–Crippen MR) is 89.1 cm³/mol. The lowest BCUT2D eigenvalue weighted by Gasteiger charge is -2.23. The molecular weight excluding hydrogens is 354 g/mol. The minimum Gasteiger partial charge on any atom is -0.480 e. The molecule has 0 radical (unpaired) electrons. The summed E-state index contributed by atoms with van der Waals surface area (Å²) < 4.78 is 0.727. The zero-order valence-corrected chi connectivity index (χ0v) is 13.7. The maximum Gasteiger partial charge on any atom is 0.326 e. The lowest BCUT2D eigenvalue weighted by molar-refractivity contribution is -0.138. The summed E-state index contributed by atoms with van der Waals surface area (Å²) in [5.74, 6) is -1.06. The monoisotopic (exact) mass is 367 g/mol. The van der Waals surface area contributed by atoms with Gasteiger partial charge in [0.1, 0.15) is 6.04 Å². The summed E-state index contributed by atoms with van der Waals surface area (Å²) in [4.78, 5) is 11.6. The minimum absolute atomic E-state index is 0.168. The number of hydrogen-bond acceptors (Lipinski definition) is 2. The Kier molecular flexibility index (Phi) is 5.26. The molecule has 2 unspecified atom stereocenters. The van der Waals surface area contributed by atoms with Gasteiger partial charge in [0.05, 0.1) is 5.02 Å². The van der Waals surface area contributed by atoms with E-state index in [-0.39, 0.29) is 5.92 Å². The molecule has 2 aromatic rings. The van der Waals surface area contributed by atoms with E-state index in [1.165, 1.54) is 0 Å². The van der Waals surface area contributed by atoms with Crippen molar-refractivity contribution in [2.45, 2.75) is 18.9 Å². The number of carbonyl (C=O) groups is 1. The van der Waals surface area contributed by atoms with Crippen LogP contribution in [0.25, 0.3) is 0 Å². The van der Waals surface area contributed by atoms with Gasteiger partial charge in [-0.15, -0.1) is 0 Å². The summed E-state index contributed by atoms with van der Waals surface area (Å²) in [7, 11) is 0. The van der Waals surface area contributed by atoms with Gasteiger partial charge in [-0.1, -0.05) is 48.9 Å². The van der Waals surface area contributed by atoms with Crippen LogP contribution in [-0.4, -0.2) is 17.1 Å². The van der Waals surface area contributed by atoms with Crippen molar-refractivity contribution < 1.29 is 9.90 Å². The fraction of sp³-hybridized carbons (Fsp3) is 0.188. The van der Waals surface area contributed by atoms with Crippen LogP contribution in [0.4, 0.5) is 5.69 Å². The normalized spacial score (nSPS) is 13.5. The van der Waals surface area contributed by atoms with E-state index in [4.69, 9.17) is 11.6 Å². The van der Waals surface area contributed by atoms with Gasteiger partial charge in [0.15, 0.2) is 0 Å². The van der Waals surface area contributed by atoms with Gasteiger partial charge in [-0.05, 0) is 39.7 Å². The summed E-state index contributed by atoms with van der Waals surface area (Å²) in [6.45, 7) is 1.89. The Morgan fingerprint density at radius 2 is 1.90 bits per heavy atom. The number of aliphatic carboxylic acids is 1. The molecule has 2 aromatic carbocycles. The van der Waals surface area contributed by atoms with Crippen molar-refractivity contribution in [3.63, 3.8) is 0 Å². The zero-order valence-electron chi connectivity index (χ0n) is 11.4. The lowest BCUT2D eigenvalue weighted by Crippen LogP contribution is -2.34. The molecule has 0 aliphatic carbocycles.